The molecule has 1 saturated heterocycles. The van der Waals surface area contributed by atoms with Crippen LogP contribution in [-0.4, -0.2) is 61.1 Å². The van der Waals surface area contributed by atoms with Crippen molar-refractivity contribution in [3.8, 4) is 0 Å². The topological polar surface area (TPSA) is 117 Å². The maximum Gasteiger partial charge on any atom is 0.490 e. The number of alkyl halides is 3. The number of carbonyl (C=O) groups is 3. The van der Waals surface area contributed by atoms with E-state index in [9.17, 15) is 22.8 Å². The van der Waals surface area contributed by atoms with Crippen LogP contribution in [0.1, 0.15) is 30.9 Å². The third-order valence-electron chi connectivity index (χ3n) is 5.08. The Morgan fingerprint density at radius 2 is 2.03 bits per heavy atom. The second-order valence-electron chi connectivity index (χ2n) is 7.20. The number of carboxylic acid groups (broad SMARTS) is 1. The highest BCUT2D eigenvalue weighted by atomic mass is 32.1. The van der Waals surface area contributed by atoms with Crippen LogP contribution < -0.4 is 5.32 Å². The molecule has 13 heteroatoms. The Morgan fingerprint density at radius 1 is 1.32 bits per heavy atom. The van der Waals surface area contributed by atoms with Crippen molar-refractivity contribution in [2.75, 3.05) is 11.9 Å². The first kappa shape index (κ1) is 22.7. The van der Waals surface area contributed by atoms with E-state index in [0.29, 0.717) is 18.1 Å². The number of halogens is 3. The molecule has 0 bridgehead atoms. The van der Waals surface area contributed by atoms with Crippen LogP contribution in [0.15, 0.2) is 24.1 Å². The van der Waals surface area contributed by atoms with Crippen molar-refractivity contribution in [1.29, 1.82) is 0 Å². The number of carboxylic acids is 1. The van der Waals surface area contributed by atoms with Crippen molar-refractivity contribution in [3.05, 3.63) is 29.8 Å². The van der Waals surface area contributed by atoms with Crippen molar-refractivity contribution in [2.45, 2.75) is 37.4 Å². The van der Waals surface area contributed by atoms with Gasteiger partial charge in [0.25, 0.3) is 0 Å². The molecule has 4 rings (SSSR count). The van der Waals surface area contributed by atoms with Gasteiger partial charge in [0.1, 0.15) is 6.04 Å². The Labute approximate surface area is 178 Å². The third kappa shape index (κ3) is 5.40. The van der Waals surface area contributed by atoms with Crippen LogP contribution in [0.2, 0.25) is 0 Å². The normalized spacial score (nSPS) is 22.5. The van der Waals surface area contributed by atoms with Gasteiger partial charge in [0.2, 0.25) is 11.8 Å². The first-order chi connectivity index (χ1) is 14.6. The molecule has 1 aliphatic heterocycles. The SMILES string of the molecule is Cn1cncc1[C@@H]1C[C@H]1C(=O)N1CCCC1C(=O)Nc1nccs1.O=C(O)C(F)(F)F. The number of rotatable bonds is 4. The number of amides is 2. The Balaban J connectivity index is 0.000000339. The van der Waals surface area contributed by atoms with Gasteiger partial charge in [-0.25, -0.2) is 14.8 Å². The van der Waals surface area contributed by atoms with Crippen LogP contribution in [0.25, 0.3) is 0 Å². The van der Waals surface area contributed by atoms with Crippen molar-refractivity contribution in [3.63, 3.8) is 0 Å². The summed E-state index contributed by atoms with van der Waals surface area (Å²) in [5.74, 6) is -2.58. The van der Waals surface area contributed by atoms with E-state index in [4.69, 9.17) is 9.90 Å². The van der Waals surface area contributed by atoms with Crippen LogP contribution in [0.3, 0.4) is 0 Å². The predicted octanol–water partition coefficient (Wildman–Crippen LogP) is 2.24. The van der Waals surface area contributed by atoms with Gasteiger partial charge in [-0.1, -0.05) is 0 Å². The van der Waals surface area contributed by atoms with Gasteiger partial charge in [-0.3, -0.25) is 9.59 Å². The summed E-state index contributed by atoms with van der Waals surface area (Å²) in [4.78, 5) is 44.2. The van der Waals surface area contributed by atoms with Crippen LogP contribution >= 0.6 is 11.3 Å². The summed E-state index contributed by atoms with van der Waals surface area (Å²) in [6.07, 6.45) is 2.58. The molecule has 2 aromatic heterocycles. The summed E-state index contributed by atoms with van der Waals surface area (Å²) in [6, 6.07) is -0.380. The van der Waals surface area contributed by atoms with Gasteiger partial charge in [-0.15, -0.1) is 11.3 Å². The van der Waals surface area contributed by atoms with E-state index in [1.807, 2.05) is 23.2 Å². The van der Waals surface area contributed by atoms with E-state index >= 15 is 0 Å². The average molecular weight is 459 g/mol. The number of carbonyl (C=O) groups excluding carboxylic acids is 2. The molecule has 0 radical (unpaired) electrons. The Hall–Kier alpha value is -2.96. The zero-order valence-corrected chi connectivity index (χ0v) is 17.2. The largest absolute Gasteiger partial charge is 0.490 e. The summed E-state index contributed by atoms with van der Waals surface area (Å²) in [5.41, 5.74) is 1.09. The zero-order chi connectivity index (χ0) is 22.8. The maximum atomic E-state index is 12.8. The molecule has 2 fully saturated rings. The molecular weight excluding hydrogens is 439 g/mol. The molecular formula is C18H20F3N5O4S. The summed E-state index contributed by atoms with van der Waals surface area (Å²) in [5, 5.41) is 12.3. The van der Waals surface area contributed by atoms with Gasteiger partial charge in [0.05, 0.1) is 6.33 Å². The number of likely N-dealkylation sites (tertiary alicyclic amines) is 1. The number of anilines is 1. The van der Waals surface area contributed by atoms with Crippen LogP contribution in [0.4, 0.5) is 18.3 Å². The average Bonchev–Trinajstić information content (AvgIpc) is 3.11. The monoisotopic (exact) mass is 459 g/mol. The predicted molar refractivity (Wildman–Crippen MR) is 103 cm³/mol. The molecule has 1 aliphatic carbocycles. The number of imidazole rings is 1. The first-order valence-corrected chi connectivity index (χ1v) is 10.2. The number of nitrogens with zero attached hydrogens (tertiary/aromatic N) is 4. The Morgan fingerprint density at radius 3 is 2.58 bits per heavy atom. The van der Waals surface area contributed by atoms with E-state index in [2.05, 4.69) is 15.3 Å². The van der Waals surface area contributed by atoms with Crippen molar-refractivity contribution >= 4 is 34.3 Å². The Bertz CT molecular complexity index is 946. The molecule has 168 valence electrons. The fraction of sp³-hybridized carbons (Fsp3) is 0.500. The minimum Gasteiger partial charge on any atom is -0.475 e. The lowest BCUT2D eigenvalue weighted by atomic mass is 10.2. The number of thiazole rings is 1. The highest BCUT2D eigenvalue weighted by Gasteiger charge is 2.49. The number of aliphatic carboxylic acids is 1. The molecule has 3 heterocycles. The molecule has 0 spiro atoms. The molecule has 31 heavy (non-hydrogen) atoms. The summed E-state index contributed by atoms with van der Waals surface area (Å²) >= 11 is 1.38. The van der Waals surface area contributed by atoms with Crippen LogP contribution in [0, 0.1) is 5.92 Å². The minimum absolute atomic E-state index is 0.0198. The van der Waals surface area contributed by atoms with Gasteiger partial charge in [-0.2, -0.15) is 13.2 Å². The van der Waals surface area contributed by atoms with Crippen molar-refractivity contribution in [2.24, 2.45) is 13.0 Å². The lowest BCUT2D eigenvalue weighted by molar-refractivity contribution is -0.192. The fourth-order valence-corrected chi connectivity index (χ4v) is 4.04. The molecule has 0 aromatic carbocycles. The smallest absolute Gasteiger partial charge is 0.475 e. The maximum absolute atomic E-state index is 12.8. The number of hydrogen-bond acceptors (Lipinski definition) is 6. The van der Waals surface area contributed by atoms with Gasteiger partial charge >= 0.3 is 12.1 Å². The summed E-state index contributed by atoms with van der Waals surface area (Å²) in [6.45, 7) is 0.656. The number of nitrogens with one attached hydrogen (secondary N) is 1. The molecule has 9 nitrogen and oxygen atoms in total. The fourth-order valence-electron chi connectivity index (χ4n) is 3.51. The van der Waals surface area contributed by atoms with Crippen molar-refractivity contribution in [1.82, 2.24) is 19.4 Å². The highest BCUT2D eigenvalue weighted by Crippen LogP contribution is 2.48. The summed E-state index contributed by atoms with van der Waals surface area (Å²) in [7, 11) is 1.95. The van der Waals surface area contributed by atoms with E-state index in [1.54, 1.807) is 17.4 Å². The number of aryl methyl sites for hydroxylation is 1. The quantitative estimate of drug-likeness (QED) is 0.724. The van der Waals surface area contributed by atoms with Crippen LogP contribution in [0.5, 0.6) is 0 Å². The first-order valence-electron chi connectivity index (χ1n) is 9.36. The van der Waals surface area contributed by atoms with Gasteiger partial charge in [0, 0.05) is 48.9 Å². The lowest BCUT2D eigenvalue weighted by Crippen LogP contribution is -2.44. The van der Waals surface area contributed by atoms with E-state index in [1.165, 1.54) is 11.3 Å². The second-order valence-corrected chi connectivity index (χ2v) is 8.09. The van der Waals surface area contributed by atoms with E-state index < -0.39 is 12.1 Å². The van der Waals surface area contributed by atoms with Gasteiger partial charge in [-0.05, 0) is 19.3 Å². The minimum atomic E-state index is -5.08. The molecule has 2 N–H and O–H groups in total. The number of hydrogen-bond donors (Lipinski definition) is 2. The molecule has 1 unspecified atom stereocenters. The van der Waals surface area contributed by atoms with Gasteiger partial charge in [0.15, 0.2) is 5.13 Å². The van der Waals surface area contributed by atoms with Gasteiger partial charge < -0.3 is 19.9 Å². The lowest BCUT2D eigenvalue weighted by Gasteiger charge is -2.23. The second kappa shape index (κ2) is 9.04. The molecule has 2 amide bonds. The van der Waals surface area contributed by atoms with E-state index in [0.717, 1.165) is 18.5 Å². The molecule has 3 atom stereocenters. The summed E-state index contributed by atoms with van der Waals surface area (Å²) < 4.78 is 33.7. The zero-order valence-electron chi connectivity index (χ0n) is 16.4. The van der Waals surface area contributed by atoms with Crippen LogP contribution in [-0.2, 0) is 21.4 Å². The Kier molecular flexibility index (Phi) is 6.62. The molecule has 2 aromatic rings. The number of aromatic nitrogens is 3. The highest BCUT2D eigenvalue weighted by molar-refractivity contribution is 7.13. The van der Waals surface area contributed by atoms with Crippen molar-refractivity contribution < 1.29 is 32.7 Å². The standard InChI is InChI=1S/C16H19N5O2S.C2HF3O2/c1-20-9-17-8-13(20)10-7-11(10)15(23)21-5-2-3-12(21)14(22)19-16-18-4-6-24-16;3-2(4,5)1(6)7/h4,6,8-12H,2-3,5,7H2,1H3,(H,18,19,22);(H,6,7)/t10-,11-,12?;/m1./s1. The molecule has 1 saturated carbocycles. The van der Waals surface area contributed by atoms with E-state index in [-0.39, 0.29) is 29.7 Å². The molecule has 2 aliphatic rings. The third-order valence-corrected chi connectivity index (χ3v) is 5.77.